The molecule has 3 nitrogen and oxygen atoms in total. The van der Waals surface area contributed by atoms with Crippen molar-refractivity contribution in [3.63, 3.8) is 0 Å². The zero-order valence-electron chi connectivity index (χ0n) is 10.2. The van der Waals surface area contributed by atoms with Crippen LogP contribution in [0.15, 0.2) is 42.6 Å². The molecular weight excluding hydrogens is 283 g/mol. The summed E-state index contributed by atoms with van der Waals surface area (Å²) >= 11 is 11.8. The van der Waals surface area contributed by atoms with E-state index in [2.05, 4.69) is 10.3 Å². The van der Waals surface area contributed by atoms with E-state index in [0.717, 1.165) is 5.69 Å². The van der Waals surface area contributed by atoms with Gasteiger partial charge >= 0.3 is 0 Å². The Morgan fingerprint density at radius 1 is 1.26 bits per heavy atom. The molecule has 0 aliphatic heterocycles. The Morgan fingerprint density at radius 2 is 2.05 bits per heavy atom. The number of nitrogens with one attached hydrogen (secondary N) is 1. The highest BCUT2D eigenvalue weighted by Gasteiger charge is 2.14. The van der Waals surface area contributed by atoms with Crippen LogP contribution in [0.25, 0.3) is 0 Å². The van der Waals surface area contributed by atoms with Crippen molar-refractivity contribution < 1.29 is 4.79 Å². The molecule has 1 atom stereocenters. The van der Waals surface area contributed by atoms with Crippen LogP contribution in [-0.2, 0) is 0 Å². The van der Waals surface area contributed by atoms with Gasteiger partial charge in [-0.05, 0) is 37.3 Å². The van der Waals surface area contributed by atoms with Gasteiger partial charge in [0.05, 0.1) is 22.3 Å². The molecule has 0 radical (unpaired) electrons. The van der Waals surface area contributed by atoms with E-state index in [9.17, 15) is 4.79 Å². The van der Waals surface area contributed by atoms with Gasteiger partial charge < -0.3 is 5.32 Å². The number of hydrogen-bond donors (Lipinski definition) is 1. The molecule has 1 N–H and O–H groups in total. The summed E-state index contributed by atoms with van der Waals surface area (Å²) in [5.74, 6) is -0.250. The first-order valence-corrected chi connectivity index (χ1v) is 6.50. The minimum atomic E-state index is -0.250. The first kappa shape index (κ1) is 13.8. The van der Waals surface area contributed by atoms with Gasteiger partial charge in [0.15, 0.2) is 0 Å². The first-order valence-electron chi connectivity index (χ1n) is 5.75. The quantitative estimate of drug-likeness (QED) is 0.933. The lowest BCUT2D eigenvalue weighted by molar-refractivity contribution is 0.0939. The van der Waals surface area contributed by atoms with Gasteiger partial charge in [-0.25, -0.2) is 0 Å². The molecule has 0 aliphatic rings. The number of nitrogens with zero attached hydrogens (tertiary/aromatic N) is 1. The Bertz CT molecular complexity index is 587. The number of carbonyl (C=O) groups excluding carboxylic acids is 1. The summed E-state index contributed by atoms with van der Waals surface area (Å²) in [6.07, 6.45) is 1.69. The molecule has 0 fully saturated rings. The number of benzene rings is 1. The number of halogens is 2. The summed E-state index contributed by atoms with van der Waals surface area (Å²) in [7, 11) is 0. The van der Waals surface area contributed by atoms with Crippen LogP contribution in [-0.4, -0.2) is 10.9 Å². The van der Waals surface area contributed by atoms with Crippen molar-refractivity contribution in [2.45, 2.75) is 13.0 Å². The number of pyridine rings is 1. The summed E-state index contributed by atoms with van der Waals surface area (Å²) < 4.78 is 0. The van der Waals surface area contributed by atoms with Gasteiger partial charge in [0.25, 0.3) is 5.91 Å². The summed E-state index contributed by atoms with van der Waals surface area (Å²) in [5.41, 5.74) is 1.19. The molecule has 0 bridgehead atoms. The molecule has 98 valence electrons. The topological polar surface area (TPSA) is 42.0 Å². The molecule has 1 aromatic carbocycles. The summed E-state index contributed by atoms with van der Waals surface area (Å²) in [6, 6.07) is 10.1. The van der Waals surface area contributed by atoms with Crippen LogP contribution in [0.2, 0.25) is 10.0 Å². The average Bonchev–Trinajstić information content (AvgIpc) is 2.39. The Morgan fingerprint density at radius 3 is 2.68 bits per heavy atom. The van der Waals surface area contributed by atoms with Gasteiger partial charge in [-0.15, -0.1) is 0 Å². The van der Waals surface area contributed by atoms with Crippen molar-refractivity contribution in [2.75, 3.05) is 0 Å². The molecule has 1 amide bonds. The minimum Gasteiger partial charge on any atom is -0.344 e. The second kappa shape index (κ2) is 6.04. The fraction of sp³-hybridized carbons (Fsp3) is 0.143. The highest BCUT2D eigenvalue weighted by molar-refractivity contribution is 6.36. The summed E-state index contributed by atoms with van der Waals surface area (Å²) in [5, 5.41) is 3.67. The van der Waals surface area contributed by atoms with E-state index < -0.39 is 0 Å². The van der Waals surface area contributed by atoms with E-state index in [-0.39, 0.29) is 11.9 Å². The maximum absolute atomic E-state index is 12.1. The molecule has 1 aromatic heterocycles. The Hall–Kier alpha value is -1.58. The second-order valence-electron chi connectivity index (χ2n) is 4.07. The largest absolute Gasteiger partial charge is 0.344 e. The monoisotopic (exact) mass is 294 g/mol. The van der Waals surface area contributed by atoms with Crippen LogP contribution in [0.5, 0.6) is 0 Å². The maximum Gasteiger partial charge on any atom is 0.253 e. The Balaban J connectivity index is 2.13. The molecule has 0 spiro atoms. The molecule has 0 saturated carbocycles. The number of carbonyl (C=O) groups is 1. The molecule has 2 rings (SSSR count). The van der Waals surface area contributed by atoms with Crippen molar-refractivity contribution in [2.24, 2.45) is 0 Å². The lowest BCUT2D eigenvalue weighted by Gasteiger charge is -2.14. The lowest BCUT2D eigenvalue weighted by Crippen LogP contribution is -2.27. The zero-order chi connectivity index (χ0) is 13.8. The van der Waals surface area contributed by atoms with Crippen molar-refractivity contribution in [1.82, 2.24) is 10.3 Å². The highest BCUT2D eigenvalue weighted by Crippen LogP contribution is 2.21. The maximum atomic E-state index is 12.1. The summed E-state index contributed by atoms with van der Waals surface area (Å²) in [4.78, 5) is 16.3. The van der Waals surface area contributed by atoms with E-state index in [0.29, 0.717) is 15.6 Å². The third-order valence-electron chi connectivity index (χ3n) is 2.65. The SMILES string of the molecule is CC(NC(=O)c1ccc(Cl)cc1Cl)c1ccccn1. The second-order valence-corrected chi connectivity index (χ2v) is 4.92. The number of aromatic nitrogens is 1. The van der Waals surface area contributed by atoms with E-state index in [1.54, 1.807) is 24.4 Å². The van der Waals surface area contributed by atoms with Crippen molar-refractivity contribution >= 4 is 29.1 Å². The summed E-state index contributed by atoms with van der Waals surface area (Å²) in [6.45, 7) is 1.87. The number of amides is 1. The third kappa shape index (κ3) is 3.46. The Kier molecular flexibility index (Phi) is 4.40. The van der Waals surface area contributed by atoms with Gasteiger partial charge in [0.1, 0.15) is 0 Å². The zero-order valence-corrected chi connectivity index (χ0v) is 11.7. The smallest absolute Gasteiger partial charge is 0.253 e. The lowest BCUT2D eigenvalue weighted by atomic mass is 10.1. The number of hydrogen-bond acceptors (Lipinski definition) is 2. The standard InChI is InChI=1S/C14H12Cl2N2O/c1-9(13-4-2-3-7-17-13)18-14(19)11-6-5-10(15)8-12(11)16/h2-9H,1H3,(H,18,19). The molecule has 5 heteroatoms. The van der Waals surface area contributed by atoms with Crippen LogP contribution in [0, 0.1) is 0 Å². The Labute approximate surface area is 121 Å². The predicted molar refractivity (Wildman–Crippen MR) is 76.6 cm³/mol. The molecular formula is C14H12Cl2N2O. The van der Waals surface area contributed by atoms with Crippen LogP contribution in [0.1, 0.15) is 29.0 Å². The van der Waals surface area contributed by atoms with Crippen molar-refractivity contribution in [3.8, 4) is 0 Å². The van der Waals surface area contributed by atoms with E-state index in [4.69, 9.17) is 23.2 Å². The van der Waals surface area contributed by atoms with Gasteiger partial charge in [-0.2, -0.15) is 0 Å². The normalized spacial score (nSPS) is 11.9. The molecule has 1 heterocycles. The third-order valence-corrected chi connectivity index (χ3v) is 3.20. The molecule has 19 heavy (non-hydrogen) atoms. The average molecular weight is 295 g/mol. The van der Waals surface area contributed by atoms with Crippen LogP contribution >= 0.6 is 23.2 Å². The predicted octanol–water partition coefficient (Wildman–Crippen LogP) is 3.88. The molecule has 1 unspecified atom stereocenters. The molecule has 0 aliphatic carbocycles. The van der Waals surface area contributed by atoms with Gasteiger partial charge in [-0.1, -0.05) is 29.3 Å². The van der Waals surface area contributed by atoms with Crippen molar-refractivity contribution in [1.29, 1.82) is 0 Å². The van der Waals surface area contributed by atoms with Crippen LogP contribution < -0.4 is 5.32 Å². The molecule has 0 saturated heterocycles. The van der Waals surface area contributed by atoms with E-state index in [1.807, 2.05) is 25.1 Å². The first-order chi connectivity index (χ1) is 9.08. The number of rotatable bonds is 3. The fourth-order valence-electron chi connectivity index (χ4n) is 1.65. The van der Waals surface area contributed by atoms with Gasteiger partial charge in [0, 0.05) is 11.2 Å². The van der Waals surface area contributed by atoms with Crippen LogP contribution in [0.3, 0.4) is 0 Å². The van der Waals surface area contributed by atoms with Gasteiger partial charge in [0.2, 0.25) is 0 Å². The van der Waals surface area contributed by atoms with E-state index >= 15 is 0 Å². The minimum absolute atomic E-state index is 0.194. The molecule has 2 aromatic rings. The fourth-order valence-corrected chi connectivity index (χ4v) is 2.15. The van der Waals surface area contributed by atoms with Crippen LogP contribution in [0.4, 0.5) is 0 Å². The van der Waals surface area contributed by atoms with Crippen molar-refractivity contribution in [3.05, 3.63) is 63.9 Å². The highest BCUT2D eigenvalue weighted by atomic mass is 35.5. The van der Waals surface area contributed by atoms with E-state index in [1.165, 1.54) is 0 Å². The van der Waals surface area contributed by atoms with Gasteiger partial charge in [-0.3, -0.25) is 9.78 Å².